The van der Waals surface area contributed by atoms with Crippen molar-refractivity contribution < 1.29 is 14.5 Å². The van der Waals surface area contributed by atoms with Crippen LogP contribution in [0.4, 0.5) is 10.7 Å². The van der Waals surface area contributed by atoms with Crippen molar-refractivity contribution in [2.45, 2.75) is 6.04 Å². The van der Waals surface area contributed by atoms with Crippen molar-refractivity contribution in [3.63, 3.8) is 0 Å². The molecule has 8 heteroatoms. The fourth-order valence-electron chi connectivity index (χ4n) is 3.15. The largest absolute Gasteiger partial charge is 0.351 e. The summed E-state index contributed by atoms with van der Waals surface area (Å²) >= 11 is 0. The maximum absolute atomic E-state index is 12.5. The van der Waals surface area contributed by atoms with Crippen LogP contribution in [-0.2, 0) is 4.79 Å². The molecule has 0 radical (unpaired) electrons. The maximum Gasteiger partial charge on any atom is 0.319 e. The van der Waals surface area contributed by atoms with Crippen LogP contribution in [0.1, 0.15) is 11.6 Å². The minimum atomic E-state index is -0.832. The third-order valence-electron chi connectivity index (χ3n) is 4.29. The molecule has 8 nitrogen and oxygen atoms in total. The number of quaternary nitrogens is 1. The number of hydrogen-bond donors (Lipinski definition) is 3. The Labute approximate surface area is 145 Å². The van der Waals surface area contributed by atoms with Crippen LogP contribution in [0.15, 0.2) is 48.8 Å². The lowest BCUT2D eigenvalue weighted by Crippen LogP contribution is -3.16. The standard InChI is InChI=1S/C17H20N6O2/c18-16(25)21-15(24)14(13-5-2-1-3-6-13)22-9-11-23(12-10-22)17-19-7-4-8-20-17/h1-8,14H,9-12H2,(H3,18,21,24,25)/p+1/t14-/m0/s1. The highest BCUT2D eigenvalue weighted by molar-refractivity contribution is 5.96. The van der Waals surface area contributed by atoms with Crippen molar-refractivity contribution in [2.75, 3.05) is 31.1 Å². The molecule has 0 aliphatic carbocycles. The van der Waals surface area contributed by atoms with Crippen LogP contribution < -0.4 is 20.9 Å². The minimum absolute atomic E-state index is 0.377. The van der Waals surface area contributed by atoms with E-state index in [0.717, 1.165) is 36.6 Å². The topological polar surface area (TPSA) is 106 Å². The van der Waals surface area contributed by atoms with Crippen LogP contribution in [-0.4, -0.2) is 48.1 Å². The highest BCUT2D eigenvalue weighted by atomic mass is 16.2. The molecule has 2 heterocycles. The molecule has 25 heavy (non-hydrogen) atoms. The number of nitrogens with zero attached hydrogens (tertiary/aromatic N) is 3. The van der Waals surface area contributed by atoms with Gasteiger partial charge in [0.15, 0.2) is 6.04 Å². The average molecular weight is 341 g/mol. The number of urea groups is 1. The number of aromatic nitrogens is 2. The Morgan fingerprint density at radius 2 is 1.72 bits per heavy atom. The van der Waals surface area contributed by atoms with E-state index in [-0.39, 0.29) is 5.91 Å². The lowest BCUT2D eigenvalue weighted by atomic mass is 10.0. The number of primary amides is 1. The molecule has 3 amide bonds. The number of nitrogens with one attached hydrogen (secondary N) is 2. The zero-order valence-electron chi connectivity index (χ0n) is 13.8. The van der Waals surface area contributed by atoms with Crippen LogP contribution in [0.5, 0.6) is 0 Å². The fraction of sp³-hybridized carbons (Fsp3) is 0.294. The number of anilines is 1. The summed E-state index contributed by atoms with van der Waals surface area (Å²) in [7, 11) is 0. The van der Waals surface area contributed by atoms with Gasteiger partial charge in [0.25, 0.3) is 5.91 Å². The molecule has 2 aromatic rings. The number of nitrogens with two attached hydrogens (primary N) is 1. The Kier molecular flexibility index (Phi) is 5.20. The smallest absolute Gasteiger partial charge is 0.319 e. The summed E-state index contributed by atoms with van der Waals surface area (Å²) in [4.78, 5) is 35.4. The van der Waals surface area contributed by atoms with Gasteiger partial charge in [-0.3, -0.25) is 10.1 Å². The van der Waals surface area contributed by atoms with Gasteiger partial charge in [0.05, 0.1) is 26.2 Å². The Bertz CT molecular complexity index is 716. The second-order valence-electron chi connectivity index (χ2n) is 5.89. The van der Waals surface area contributed by atoms with Crippen molar-refractivity contribution in [3.8, 4) is 0 Å². The van der Waals surface area contributed by atoms with Crippen LogP contribution in [0, 0.1) is 0 Å². The van der Waals surface area contributed by atoms with Crippen LogP contribution >= 0.6 is 0 Å². The third kappa shape index (κ3) is 4.10. The predicted octanol–water partition coefficient (Wildman–Crippen LogP) is -0.882. The molecule has 1 aliphatic rings. The zero-order chi connectivity index (χ0) is 17.6. The number of rotatable bonds is 4. The van der Waals surface area contributed by atoms with Crippen molar-refractivity contribution in [2.24, 2.45) is 5.73 Å². The number of benzene rings is 1. The van der Waals surface area contributed by atoms with E-state index >= 15 is 0 Å². The third-order valence-corrected chi connectivity index (χ3v) is 4.29. The van der Waals surface area contributed by atoms with E-state index in [1.54, 1.807) is 18.5 Å². The van der Waals surface area contributed by atoms with Crippen molar-refractivity contribution >= 4 is 17.9 Å². The van der Waals surface area contributed by atoms with Crippen LogP contribution in [0.25, 0.3) is 0 Å². The molecule has 1 atom stereocenters. The summed E-state index contributed by atoms with van der Waals surface area (Å²) in [6.07, 6.45) is 3.43. The summed E-state index contributed by atoms with van der Waals surface area (Å²) in [5, 5.41) is 2.22. The van der Waals surface area contributed by atoms with Gasteiger partial charge in [-0.2, -0.15) is 0 Å². The molecule has 0 saturated carbocycles. The van der Waals surface area contributed by atoms with E-state index in [1.165, 1.54) is 0 Å². The Morgan fingerprint density at radius 3 is 2.32 bits per heavy atom. The molecule has 0 bridgehead atoms. The molecule has 1 fully saturated rings. The minimum Gasteiger partial charge on any atom is -0.351 e. The Hall–Kier alpha value is -3.00. The Morgan fingerprint density at radius 1 is 1.08 bits per heavy atom. The van der Waals surface area contributed by atoms with Gasteiger partial charge in [-0.25, -0.2) is 14.8 Å². The fourth-order valence-corrected chi connectivity index (χ4v) is 3.15. The van der Waals surface area contributed by atoms with Crippen molar-refractivity contribution in [1.82, 2.24) is 15.3 Å². The van der Waals surface area contributed by atoms with E-state index in [9.17, 15) is 9.59 Å². The first-order chi connectivity index (χ1) is 12.1. The van der Waals surface area contributed by atoms with Gasteiger partial charge in [0.1, 0.15) is 0 Å². The summed E-state index contributed by atoms with van der Waals surface area (Å²) in [5.74, 6) is 0.317. The van der Waals surface area contributed by atoms with Crippen LogP contribution in [0.2, 0.25) is 0 Å². The van der Waals surface area contributed by atoms with Crippen LogP contribution in [0.3, 0.4) is 0 Å². The van der Waals surface area contributed by atoms with E-state index in [4.69, 9.17) is 5.73 Å². The second kappa shape index (κ2) is 7.71. The zero-order valence-corrected chi connectivity index (χ0v) is 13.8. The SMILES string of the molecule is NC(=O)NC(=O)[C@H](c1ccccc1)[NH+]1CCN(c2ncccn2)CC1. The first-order valence-electron chi connectivity index (χ1n) is 8.17. The molecule has 4 N–H and O–H groups in total. The molecule has 1 saturated heterocycles. The molecule has 1 aliphatic heterocycles. The number of carbonyl (C=O) groups is 2. The lowest BCUT2D eigenvalue weighted by molar-refractivity contribution is -0.922. The summed E-state index contributed by atoms with van der Waals surface area (Å²) in [6, 6.07) is 9.92. The van der Waals surface area contributed by atoms with E-state index in [2.05, 4.69) is 20.2 Å². The van der Waals surface area contributed by atoms with E-state index in [0.29, 0.717) is 5.95 Å². The monoisotopic (exact) mass is 341 g/mol. The summed E-state index contributed by atoms with van der Waals surface area (Å²) in [5.41, 5.74) is 5.99. The predicted molar refractivity (Wildman–Crippen MR) is 91.9 cm³/mol. The average Bonchev–Trinajstić information content (AvgIpc) is 2.63. The highest BCUT2D eigenvalue weighted by Crippen LogP contribution is 2.11. The molecule has 3 rings (SSSR count). The van der Waals surface area contributed by atoms with Crippen molar-refractivity contribution in [3.05, 3.63) is 54.4 Å². The molecule has 1 aromatic heterocycles. The van der Waals surface area contributed by atoms with Gasteiger partial charge >= 0.3 is 6.03 Å². The molecule has 130 valence electrons. The molecular formula is C17H21N6O2+. The van der Waals surface area contributed by atoms with Gasteiger partial charge in [-0.1, -0.05) is 30.3 Å². The maximum atomic E-state index is 12.5. The van der Waals surface area contributed by atoms with E-state index < -0.39 is 12.1 Å². The molecule has 1 aromatic carbocycles. The number of piperazine rings is 1. The normalized spacial score (nSPS) is 16.2. The number of amides is 3. The number of carbonyl (C=O) groups excluding carboxylic acids is 2. The quantitative estimate of drug-likeness (QED) is 0.670. The number of imide groups is 1. The van der Waals surface area contributed by atoms with Gasteiger partial charge in [0.2, 0.25) is 5.95 Å². The first-order valence-corrected chi connectivity index (χ1v) is 8.17. The van der Waals surface area contributed by atoms with E-state index in [1.807, 2.05) is 30.3 Å². The van der Waals surface area contributed by atoms with Gasteiger partial charge in [0, 0.05) is 18.0 Å². The number of hydrogen-bond acceptors (Lipinski definition) is 5. The highest BCUT2D eigenvalue weighted by Gasteiger charge is 2.35. The summed E-state index contributed by atoms with van der Waals surface area (Å²) in [6.45, 7) is 2.91. The van der Waals surface area contributed by atoms with Crippen molar-refractivity contribution in [1.29, 1.82) is 0 Å². The molecule has 0 spiro atoms. The molecular weight excluding hydrogens is 320 g/mol. The lowest BCUT2D eigenvalue weighted by Gasteiger charge is -2.35. The van der Waals surface area contributed by atoms with Gasteiger partial charge in [-0.05, 0) is 6.07 Å². The Balaban J connectivity index is 1.74. The molecule has 0 unspecified atom stereocenters. The summed E-state index contributed by atoms with van der Waals surface area (Å²) < 4.78 is 0. The van der Waals surface area contributed by atoms with Gasteiger partial charge in [-0.15, -0.1) is 0 Å². The second-order valence-corrected chi connectivity index (χ2v) is 5.89. The first kappa shape index (κ1) is 16.8. The van der Waals surface area contributed by atoms with Gasteiger partial charge < -0.3 is 15.5 Å².